The minimum absolute atomic E-state index is 0.249. The monoisotopic (exact) mass is 483 g/mol. The smallest absolute Gasteiger partial charge is 0.271 e. The van der Waals surface area contributed by atoms with Gasteiger partial charge in [0, 0.05) is 5.69 Å². The van der Waals surface area contributed by atoms with E-state index in [-0.39, 0.29) is 11.5 Å². The highest BCUT2D eigenvalue weighted by Gasteiger charge is 2.32. The number of aromatic nitrogens is 1. The molecule has 3 aromatic carbocycles. The number of benzene rings is 3. The van der Waals surface area contributed by atoms with Crippen LogP contribution < -0.4 is 20.2 Å². The Hall–Kier alpha value is -4.10. The molecule has 1 aromatic heterocycles. The molecule has 0 spiro atoms. The van der Waals surface area contributed by atoms with Crippen molar-refractivity contribution in [2.24, 2.45) is 4.99 Å². The van der Waals surface area contributed by atoms with Crippen molar-refractivity contribution in [1.29, 1.82) is 0 Å². The molecule has 1 unspecified atom stereocenters. The number of hydrogen-bond donors (Lipinski definition) is 1. The minimum atomic E-state index is -0.740. The molecule has 4 aromatic rings. The molecule has 0 aliphatic carbocycles. The molecule has 35 heavy (non-hydrogen) atoms. The van der Waals surface area contributed by atoms with E-state index in [2.05, 4.69) is 10.3 Å². The highest BCUT2D eigenvalue weighted by molar-refractivity contribution is 7.07. The molecule has 0 saturated carbocycles. The number of nitrogens with one attached hydrogen (secondary N) is 1. The standard InChI is InChI=1S/C28H22FN3O2S/c1-17-8-10-19(11-9-17)16-23-27(34)32-25(20-12-14-21(29)15-13-20)24(18(2)30-28(32)35-23)26(33)31-22-6-4-3-5-7-22/h3-16,25H,1-2H3,(H,31,33)/b23-16+. The molecular weight excluding hydrogens is 461 g/mol. The van der Waals surface area contributed by atoms with Gasteiger partial charge in [-0.2, -0.15) is 0 Å². The van der Waals surface area contributed by atoms with Crippen LogP contribution in [-0.2, 0) is 4.79 Å². The first-order valence-corrected chi connectivity index (χ1v) is 11.9. The van der Waals surface area contributed by atoms with Crippen LogP contribution in [0.1, 0.15) is 29.7 Å². The Labute approximate surface area is 205 Å². The molecular formula is C28H22FN3O2S. The molecule has 0 saturated heterocycles. The Bertz CT molecular complexity index is 1620. The fourth-order valence-electron chi connectivity index (χ4n) is 4.11. The maximum atomic E-state index is 13.7. The average Bonchev–Trinajstić information content (AvgIpc) is 3.15. The van der Waals surface area contributed by atoms with Crippen molar-refractivity contribution in [3.63, 3.8) is 0 Å². The van der Waals surface area contributed by atoms with Gasteiger partial charge in [-0.15, -0.1) is 0 Å². The number of para-hydroxylation sites is 1. The number of carbonyl (C=O) groups excluding carboxylic acids is 1. The predicted octanol–water partition coefficient (Wildman–Crippen LogP) is 4.32. The van der Waals surface area contributed by atoms with Crippen LogP contribution in [0.15, 0.2) is 99.9 Å². The summed E-state index contributed by atoms with van der Waals surface area (Å²) in [4.78, 5) is 32.2. The van der Waals surface area contributed by atoms with E-state index in [1.165, 1.54) is 28.0 Å². The van der Waals surface area contributed by atoms with E-state index >= 15 is 0 Å². The summed E-state index contributed by atoms with van der Waals surface area (Å²) >= 11 is 1.27. The summed E-state index contributed by atoms with van der Waals surface area (Å²) in [6.45, 7) is 3.76. The number of rotatable bonds is 4. The summed E-state index contributed by atoms with van der Waals surface area (Å²) in [5.74, 6) is -0.754. The summed E-state index contributed by atoms with van der Waals surface area (Å²) < 4.78 is 15.8. The zero-order valence-corrected chi connectivity index (χ0v) is 20.0. The summed E-state index contributed by atoms with van der Waals surface area (Å²) in [7, 11) is 0. The lowest BCUT2D eigenvalue weighted by atomic mass is 9.95. The molecule has 174 valence electrons. The third-order valence-electron chi connectivity index (χ3n) is 5.86. The molecule has 7 heteroatoms. The number of hydrogen-bond acceptors (Lipinski definition) is 4. The lowest BCUT2D eigenvalue weighted by Gasteiger charge is -2.25. The van der Waals surface area contributed by atoms with Gasteiger partial charge in [0.25, 0.3) is 11.5 Å². The predicted molar refractivity (Wildman–Crippen MR) is 136 cm³/mol. The first kappa shape index (κ1) is 22.7. The van der Waals surface area contributed by atoms with E-state index in [0.717, 1.165) is 11.1 Å². The molecule has 5 nitrogen and oxygen atoms in total. The number of thiazole rings is 1. The number of fused-ring (bicyclic) bond motifs is 1. The first-order chi connectivity index (χ1) is 16.9. The first-order valence-electron chi connectivity index (χ1n) is 11.1. The summed E-state index contributed by atoms with van der Waals surface area (Å²) in [5, 5.41) is 2.90. The van der Waals surface area contributed by atoms with E-state index in [0.29, 0.717) is 31.9 Å². The van der Waals surface area contributed by atoms with Gasteiger partial charge >= 0.3 is 0 Å². The van der Waals surface area contributed by atoms with E-state index in [4.69, 9.17) is 0 Å². The van der Waals surface area contributed by atoms with Crippen LogP contribution >= 0.6 is 11.3 Å². The molecule has 5 rings (SSSR count). The summed E-state index contributed by atoms with van der Waals surface area (Å²) in [5.41, 5.74) is 3.89. The molecule has 1 atom stereocenters. The summed E-state index contributed by atoms with van der Waals surface area (Å²) in [6, 6.07) is 22.1. The van der Waals surface area contributed by atoms with Gasteiger partial charge in [0.1, 0.15) is 5.82 Å². The Morgan fingerprint density at radius 2 is 1.69 bits per heavy atom. The fraction of sp³-hybridized carbons (Fsp3) is 0.107. The maximum absolute atomic E-state index is 13.7. The van der Waals surface area contributed by atoms with Crippen molar-refractivity contribution in [2.75, 3.05) is 5.32 Å². The maximum Gasteiger partial charge on any atom is 0.271 e. The van der Waals surface area contributed by atoms with Gasteiger partial charge in [-0.3, -0.25) is 14.2 Å². The Morgan fingerprint density at radius 1 is 1.00 bits per heavy atom. The van der Waals surface area contributed by atoms with Gasteiger partial charge in [0.2, 0.25) is 0 Å². The Kier molecular flexibility index (Phi) is 6.01. The topological polar surface area (TPSA) is 63.5 Å². The summed E-state index contributed by atoms with van der Waals surface area (Å²) in [6.07, 6.45) is 1.83. The molecule has 2 heterocycles. The number of carbonyl (C=O) groups is 1. The largest absolute Gasteiger partial charge is 0.322 e. The molecule has 1 aliphatic rings. The van der Waals surface area contributed by atoms with Crippen LogP contribution in [0.4, 0.5) is 10.1 Å². The van der Waals surface area contributed by atoms with Gasteiger partial charge in [-0.1, -0.05) is 71.5 Å². The van der Waals surface area contributed by atoms with Gasteiger partial charge in [0.05, 0.1) is 21.8 Å². The number of aryl methyl sites for hydroxylation is 1. The van der Waals surface area contributed by atoms with Crippen molar-refractivity contribution in [1.82, 2.24) is 4.57 Å². The molecule has 1 N–H and O–H groups in total. The normalized spacial score (nSPS) is 15.5. The van der Waals surface area contributed by atoms with Gasteiger partial charge in [-0.25, -0.2) is 9.38 Å². The van der Waals surface area contributed by atoms with Crippen LogP contribution in [-0.4, -0.2) is 10.5 Å². The second kappa shape index (κ2) is 9.27. The number of anilines is 1. The number of allylic oxidation sites excluding steroid dienone is 1. The zero-order valence-electron chi connectivity index (χ0n) is 19.2. The van der Waals surface area contributed by atoms with Gasteiger partial charge in [-0.05, 0) is 55.3 Å². The Morgan fingerprint density at radius 3 is 2.37 bits per heavy atom. The third kappa shape index (κ3) is 4.50. The van der Waals surface area contributed by atoms with Crippen molar-refractivity contribution in [3.8, 4) is 0 Å². The van der Waals surface area contributed by atoms with Gasteiger partial charge < -0.3 is 5.32 Å². The van der Waals surface area contributed by atoms with Crippen molar-refractivity contribution in [3.05, 3.63) is 132 Å². The minimum Gasteiger partial charge on any atom is -0.322 e. The SMILES string of the molecule is CC1=C(C(=O)Nc2ccccc2)C(c2ccc(F)cc2)n2c(s/c(=C/c3ccc(C)cc3)c2=O)=N1. The second-order valence-electron chi connectivity index (χ2n) is 8.36. The van der Waals surface area contributed by atoms with Crippen LogP contribution in [0, 0.1) is 12.7 Å². The highest BCUT2D eigenvalue weighted by atomic mass is 32.1. The van der Waals surface area contributed by atoms with Crippen LogP contribution in [0.25, 0.3) is 6.08 Å². The number of nitrogens with zero attached hydrogens (tertiary/aromatic N) is 2. The van der Waals surface area contributed by atoms with Crippen LogP contribution in [0.2, 0.25) is 0 Å². The zero-order chi connectivity index (χ0) is 24.5. The van der Waals surface area contributed by atoms with E-state index in [9.17, 15) is 14.0 Å². The van der Waals surface area contributed by atoms with Crippen molar-refractivity contribution < 1.29 is 9.18 Å². The molecule has 1 amide bonds. The van der Waals surface area contributed by atoms with Gasteiger partial charge in [0.15, 0.2) is 4.80 Å². The quantitative estimate of drug-likeness (QED) is 0.470. The van der Waals surface area contributed by atoms with E-state index in [1.54, 1.807) is 31.2 Å². The fourth-order valence-corrected chi connectivity index (χ4v) is 5.15. The van der Waals surface area contributed by atoms with Crippen LogP contribution in [0.5, 0.6) is 0 Å². The molecule has 1 aliphatic heterocycles. The van der Waals surface area contributed by atoms with E-state index in [1.807, 2.05) is 55.5 Å². The van der Waals surface area contributed by atoms with Crippen molar-refractivity contribution >= 4 is 29.0 Å². The number of halogens is 1. The second-order valence-corrected chi connectivity index (χ2v) is 9.37. The lowest BCUT2D eigenvalue weighted by molar-refractivity contribution is -0.113. The highest BCUT2D eigenvalue weighted by Crippen LogP contribution is 2.30. The van der Waals surface area contributed by atoms with E-state index < -0.39 is 11.9 Å². The molecule has 0 fully saturated rings. The Balaban J connectivity index is 1.67. The third-order valence-corrected chi connectivity index (χ3v) is 6.84. The number of amides is 1. The van der Waals surface area contributed by atoms with Crippen molar-refractivity contribution in [2.45, 2.75) is 19.9 Å². The van der Waals surface area contributed by atoms with Crippen LogP contribution in [0.3, 0.4) is 0 Å². The molecule has 0 bridgehead atoms. The lowest BCUT2D eigenvalue weighted by Crippen LogP contribution is -2.40. The average molecular weight is 484 g/mol. The molecule has 0 radical (unpaired) electrons.